The van der Waals surface area contributed by atoms with Gasteiger partial charge in [0, 0.05) is 25.3 Å². The van der Waals surface area contributed by atoms with Crippen LogP contribution in [0.3, 0.4) is 0 Å². The Kier molecular flexibility index (Phi) is 4.13. The average molecular weight is 284 g/mol. The number of anilines is 1. The summed E-state index contributed by atoms with van der Waals surface area (Å²) < 4.78 is 32.4. The summed E-state index contributed by atoms with van der Waals surface area (Å²) in [5.41, 5.74) is 1.49. The van der Waals surface area contributed by atoms with Crippen molar-refractivity contribution in [2.24, 2.45) is 0 Å². The van der Waals surface area contributed by atoms with Gasteiger partial charge in [0.05, 0.1) is 0 Å². The van der Waals surface area contributed by atoms with Gasteiger partial charge < -0.3 is 9.80 Å². The van der Waals surface area contributed by atoms with Gasteiger partial charge in [-0.05, 0) is 44.6 Å². The molecule has 0 spiro atoms. The normalized spacial score (nSPS) is 16.3. The molecule has 1 aliphatic heterocycles. The maximum absolute atomic E-state index is 11.5. The maximum atomic E-state index is 11.5. The summed E-state index contributed by atoms with van der Waals surface area (Å²) in [6.45, 7) is 2.37. The van der Waals surface area contributed by atoms with Gasteiger partial charge >= 0.3 is 0 Å². The highest BCUT2D eigenvalue weighted by Crippen LogP contribution is 2.26. The fourth-order valence-corrected chi connectivity index (χ4v) is 3.16. The molecule has 0 radical (unpaired) electrons. The van der Waals surface area contributed by atoms with Crippen molar-refractivity contribution in [2.45, 2.75) is 24.3 Å². The summed E-state index contributed by atoms with van der Waals surface area (Å²) in [7, 11) is -0.458. The van der Waals surface area contributed by atoms with E-state index in [4.69, 9.17) is 0 Å². The van der Waals surface area contributed by atoms with E-state index in [1.807, 2.05) is 25.1 Å². The first-order chi connectivity index (χ1) is 8.88. The molecule has 6 heteroatoms. The first-order valence-electron chi connectivity index (χ1n) is 6.38. The summed E-state index contributed by atoms with van der Waals surface area (Å²) in [6, 6.07) is 5.30. The van der Waals surface area contributed by atoms with Gasteiger partial charge in [0.25, 0.3) is 10.1 Å². The molecule has 1 fully saturated rings. The van der Waals surface area contributed by atoms with Gasteiger partial charge in [0.15, 0.2) is 0 Å². The zero-order valence-corrected chi connectivity index (χ0v) is 12.2. The van der Waals surface area contributed by atoms with Crippen LogP contribution < -0.4 is 4.90 Å². The Morgan fingerprint density at radius 3 is 2.42 bits per heavy atom. The molecule has 1 aromatic carbocycles. The number of rotatable bonds is 4. The Morgan fingerprint density at radius 1 is 1.26 bits per heavy atom. The minimum Gasteiger partial charge on any atom is -0.371 e. The van der Waals surface area contributed by atoms with Crippen molar-refractivity contribution < 1.29 is 13.0 Å². The molecule has 0 aromatic heterocycles. The molecule has 19 heavy (non-hydrogen) atoms. The van der Waals surface area contributed by atoms with Crippen LogP contribution in [0.5, 0.6) is 0 Å². The van der Waals surface area contributed by atoms with Gasteiger partial charge in [-0.25, -0.2) is 0 Å². The number of hydrogen-bond donors (Lipinski definition) is 1. The third kappa shape index (κ3) is 3.46. The lowest BCUT2D eigenvalue weighted by Crippen LogP contribution is -2.19. The molecule has 0 amide bonds. The van der Waals surface area contributed by atoms with Crippen LogP contribution in [-0.2, 0) is 16.7 Å². The monoisotopic (exact) mass is 284 g/mol. The van der Waals surface area contributed by atoms with Crippen LogP contribution in [0.4, 0.5) is 5.69 Å². The maximum Gasteiger partial charge on any atom is 0.294 e. The van der Waals surface area contributed by atoms with Crippen molar-refractivity contribution in [3.8, 4) is 0 Å². The van der Waals surface area contributed by atoms with Crippen molar-refractivity contribution in [1.82, 2.24) is 4.90 Å². The summed E-state index contributed by atoms with van der Waals surface area (Å²) >= 11 is 0. The van der Waals surface area contributed by atoms with Crippen LogP contribution in [0.15, 0.2) is 23.1 Å². The second kappa shape index (κ2) is 5.48. The molecular weight excluding hydrogens is 264 g/mol. The SMILES string of the molecule is CN(C)Cc1ccc(N2CCCC2)cc1S(=O)(=O)O. The first kappa shape index (κ1) is 14.3. The first-order valence-corrected chi connectivity index (χ1v) is 7.82. The molecular formula is C13H20N2O3S. The Morgan fingerprint density at radius 2 is 1.89 bits per heavy atom. The summed E-state index contributed by atoms with van der Waals surface area (Å²) in [5.74, 6) is 0. The number of nitrogens with zero attached hydrogens (tertiary/aromatic N) is 2. The van der Waals surface area contributed by atoms with Crippen LogP contribution in [0.2, 0.25) is 0 Å². The topological polar surface area (TPSA) is 60.9 Å². The summed E-state index contributed by atoms with van der Waals surface area (Å²) in [6.07, 6.45) is 2.25. The van der Waals surface area contributed by atoms with E-state index in [0.717, 1.165) is 31.6 Å². The van der Waals surface area contributed by atoms with E-state index < -0.39 is 10.1 Å². The minimum atomic E-state index is -4.18. The highest BCUT2D eigenvalue weighted by atomic mass is 32.2. The van der Waals surface area contributed by atoms with Crippen LogP contribution in [0.1, 0.15) is 18.4 Å². The van der Waals surface area contributed by atoms with Crippen molar-refractivity contribution in [2.75, 3.05) is 32.1 Å². The standard InChI is InChI=1S/C13H20N2O3S/c1-14(2)10-11-5-6-12(15-7-3-4-8-15)9-13(11)19(16,17)18/h5-6,9H,3-4,7-8,10H2,1-2H3,(H,16,17,18). The summed E-state index contributed by atoms with van der Waals surface area (Å²) in [5, 5.41) is 0. The third-order valence-corrected chi connectivity index (χ3v) is 4.22. The Hall–Kier alpha value is -1.11. The third-order valence-electron chi connectivity index (χ3n) is 3.29. The van der Waals surface area contributed by atoms with Crippen LogP contribution in [-0.4, -0.2) is 45.1 Å². The molecule has 1 heterocycles. The number of hydrogen-bond acceptors (Lipinski definition) is 4. The van der Waals surface area contributed by atoms with E-state index in [2.05, 4.69) is 4.90 Å². The lowest BCUT2D eigenvalue weighted by Gasteiger charge is -2.20. The predicted molar refractivity (Wildman–Crippen MR) is 75.1 cm³/mol. The molecule has 0 unspecified atom stereocenters. The molecule has 0 aliphatic carbocycles. The lowest BCUT2D eigenvalue weighted by atomic mass is 10.2. The van der Waals surface area contributed by atoms with Crippen molar-refractivity contribution >= 4 is 15.8 Å². The highest BCUT2D eigenvalue weighted by Gasteiger charge is 2.19. The smallest absolute Gasteiger partial charge is 0.294 e. The van der Waals surface area contributed by atoms with Crippen LogP contribution in [0, 0.1) is 0 Å². The quantitative estimate of drug-likeness (QED) is 0.851. The van der Waals surface area contributed by atoms with Crippen molar-refractivity contribution in [1.29, 1.82) is 0 Å². The van der Waals surface area contributed by atoms with E-state index in [-0.39, 0.29) is 4.90 Å². The molecule has 0 saturated carbocycles. The van der Waals surface area contributed by atoms with Gasteiger partial charge in [-0.1, -0.05) is 6.07 Å². The van der Waals surface area contributed by atoms with Crippen LogP contribution >= 0.6 is 0 Å². The van der Waals surface area contributed by atoms with Gasteiger partial charge in [0.1, 0.15) is 4.90 Å². The molecule has 1 aliphatic rings. The van der Waals surface area contributed by atoms with E-state index >= 15 is 0 Å². The molecule has 0 bridgehead atoms. The zero-order valence-electron chi connectivity index (χ0n) is 11.3. The summed E-state index contributed by atoms with van der Waals surface area (Å²) in [4.78, 5) is 4.04. The fraction of sp³-hybridized carbons (Fsp3) is 0.538. The van der Waals surface area contributed by atoms with Crippen molar-refractivity contribution in [3.05, 3.63) is 23.8 Å². The van der Waals surface area contributed by atoms with E-state index in [1.54, 1.807) is 12.1 Å². The van der Waals surface area contributed by atoms with Gasteiger partial charge in [-0.15, -0.1) is 0 Å². The van der Waals surface area contributed by atoms with Crippen molar-refractivity contribution in [3.63, 3.8) is 0 Å². The van der Waals surface area contributed by atoms with Gasteiger partial charge in [-0.2, -0.15) is 8.42 Å². The van der Waals surface area contributed by atoms with E-state index in [9.17, 15) is 13.0 Å². The fourth-order valence-electron chi connectivity index (χ4n) is 2.43. The molecule has 1 saturated heterocycles. The minimum absolute atomic E-state index is 0.0191. The largest absolute Gasteiger partial charge is 0.371 e. The molecule has 2 rings (SSSR count). The molecule has 5 nitrogen and oxygen atoms in total. The zero-order chi connectivity index (χ0) is 14.0. The second-order valence-electron chi connectivity index (χ2n) is 5.20. The van der Waals surface area contributed by atoms with E-state index in [1.165, 1.54) is 0 Å². The average Bonchev–Trinajstić information content (AvgIpc) is 2.80. The Balaban J connectivity index is 2.41. The molecule has 0 atom stereocenters. The Labute approximate surface area is 114 Å². The highest BCUT2D eigenvalue weighted by molar-refractivity contribution is 7.85. The van der Waals surface area contributed by atoms with Gasteiger partial charge in [0.2, 0.25) is 0 Å². The second-order valence-corrected chi connectivity index (χ2v) is 6.59. The lowest BCUT2D eigenvalue weighted by molar-refractivity contribution is 0.397. The Bertz CT molecular complexity index is 549. The molecule has 1 N–H and O–H groups in total. The number of benzene rings is 1. The van der Waals surface area contributed by atoms with Gasteiger partial charge in [-0.3, -0.25) is 4.55 Å². The molecule has 106 valence electrons. The van der Waals surface area contributed by atoms with Crippen LogP contribution in [0.25, 0.3) is 0 Å². The van der Waals surface area contributed by atoms with E-state index in [0.29, 0.717) is 12.1 Å². The predicted octanol–water partition coefficient (Wildman–Crippen LogP) is 1.60. The molecule has 1 aromatic rings.